The Morgan fingerprint density at radius 2 is 1.86 bits per heavy atom. The number of nitrogens with one attached hydrogen (secondary N) is 2. The zero-order valence-electron chi connectivity index (χ0n) is 16.5. The summed E-state index contributed by atoms with van der Waals surface area (Å²) in [4.78, 5) is 26.6. The lowest BCUT2D eigenvalue weighted by molar-refractivity contribution is -0.117. The fraction of sp³-hybridized carbons (Fsp3) is 0.333. The lowest BCUT2D eigenvalue weighted by atomic mass is 10.1. The number of urea groups is 1. The van der Waals surface area contributed by atoms with E-state index < -0.39 is 6.03 Å². The quantitative estimate of drug-likeness (QED) is 0.831. The van der Waals surface area contributed by atoms with Gasteiger partial charge >= 0.3 is 6.03 Å². The molecule has 0 aliphatic carbocycles. The maximum Gasteiger partial charge on any atom is 0.319 e. The van der Waals surface area contributed by atoms with Crippen LogP contribution in [0.15, 0.2) is 36.4 Å². The fourth-order valence-electron chi connectivity index (χ4n) is 3.20. The molecule has 2 aromatic rings. The molecule has 7 nitrogen and oxygen atoms in total. The molecule has 3 amide bonds. The number of aryl methyl sites for hydroxylation is 2. The van der Waals surface area contributed by atoms with E-state index in [0.29, 0.717) is 23.7 Å². The largest absolute Gasteiger partial charge is 0.497 e. The van der Waals surface area contributed by atoms with E-state index in [9.17, 15) is 9.59 Å². The minimum absolute atomic E-state index is 0.00693. The Morgan fingerprint density at radius 1 is 1.07 bits per heavy atom. The Labute approximate surface area is 164 Å². The average Bonchev–Trinajstić information content (AvgIpc) is 3.03. The second-order valence-corrected chi connectivity index (χ2v) is 6.84. The van der Waals surface area contributed by atoms with Crippen LogP contribution in [0.4, 0.5) is 16.2 Å². The molecule has 0 aromatic heterocycles. The van der Waals surface area contributed by atoms with E-state index >= 15 is 0 Å². The molecule has 1 fully saturated rings. The number of amides is 3. The Bertz CT molecular complexity index is 897. The van der Waals surface area contributed by atoms with Gasteiger partial charge in [0.25, 0.3) is 0 Å². The fourth-order valence-corrected chi connectivity index (χ4v) is 3.20. The van der Waals surface area contributed by atoms with Gasteiger partial charge in [0.15, 0.2) is 0 Å². The van der Waals surface area contributed by atoms with E-state index in [-0.39, 0.29) is 18.4 Å². The van der Waals surface area contributed by atoms with Crippen molar-refractivity contribution in [2.24, 2.45) is 0 Å². The molecule has 2 N–H and O–H groups in total. The van der Waals surface area contributed by atoms with Gasteiger partial charge in [-0.2, -0.15) is 0 Å². The first-order valence-corrected chi connectivity index (χ1v) is 9.08. The van der Waals surface area contributed by atoms with E-state index in [1.54, 1.807) is 30.2 Å². The highest BCUT2D eigenvalue weighted by atomic mass is 16.5. The molecule has 3 rings (SSSR count). The summed E-state index contributed by atoms with van der Waals surface area (Å²) in [7, 11) is 3.08. The van der Waals surface area contributed by atoms with Crippen LogP contribution < -0.4 is 25.0 Å². The molecule has 0 bridgehead atoms. The number of methoxy groups -OCH3 is 2. The van der Waals surface area contributed by atoms with Crippen LogP contribution in [-0.4, -0.2) is 38.7 Å². The summed E-state index contributed by atoms with van der Waals surface area (Å²) >= 11 is 0. The number of nitrogens with zero attached hydrogens (tertiary/aromatic N) is 1. The summed E-state index contributed by atoms with van der Waals surface area (Å²) < 4.78 is 10.5. The van der Waals surface area contributed by atoms with Gasteiger partial charge in [0.05, 0.1) is 25.9 Å². The van der Waals surface area contributed by atoms with E-state index in [0.717, 1.165) is 11.3 Å². The van der Waals surface area contributed by atoms with Crippen molar-refractivity contribution in [1.82, 2.24) is 5.32 Å². The van der Waals surface area contributed by atoms with Crippen molar-refractivity contribution < 1.29 is 19.1 Å². The summed E-state index contributed by atoms with van der Waals surface area (Å²) in [5, 5.41) is 5.63. The van der Waals surface area contributed by atoms with Crippen LogP contribution in [-0.2, 0) is 4.79 Å². The summed E-state index contributed by atoms with van der Waals surface area (Å²) in [5.41, 5.74) is 3.66. The predicted molar refractivity (Wildman–Crippen MR) is 108 cm³/mol. The second-order valence-electron chi connectivity index (χ2n) is 6.84. The highest BCUT2D eigenvalue weighted by Gasteiger charge is 2.31. The zero-order chi connectivity index (χ0) is 20.3. The first-order chi connectivity index (χ1) is 13.4. The Hall–Kier alpha value is -3.22. The molecule has 1 aliphatic heterocycles. The van der Waals surface area contributed by atoms with E-state index in [4.69, 9.17) is 9.47 Å². The van der Waals surface area contributed by atoms with Crippen molar-refractivity contribution in [3.8, 4) is 11.5 Å². The van der Waals surface area contributed by atoms with E-state index in [1.165, 1.54) is 12.7 Å². The maximum absolute atomic E-state index is 12.4. The molecule has 0 spiro atoms. The summed E-state index contributed by atoms with van der Waals surface area (Å²) in [6, 6.07) is 10.4. The number of rotatable bonds is 5. The third-order valence-corrected chi connectivity index (χ3v) is 4.92. The topological polar surface area (TPSA) is 79.9 Å². The summed E-state index contributed by atoms with van der Waals surface area (Å²) in [5.74, 6) is 1.12. The summed E-state index contributed by atoms with van der Waals surface area (Å²) in [6.45, 7) is 4.49. The summed E-state index contributed by atoms with van der Waals surface area (Å²) in [6.07, 6.45) is 0.260. The monoisotopic (exact) mass is 383 g/mol. The number of anilines is 2. The number of ether oxygens (including phenoxy) is 2. The number of carbonyl (C=O) groups excluding carboxylic acids is 2. The van der Waals surface area contributed by atoms with Crippen molar-refractivity contribution in [1.29, 1.82) is 0 Å². The molecule has 1 atom stereocenters. The first-order valence-electron chi connectivity index (χ1n) is 9.08. The normalized spacial score (nSPS) is 16.1. The van der Waals surface area contributed by atoms with Crippen LogP contribution >= 0.6 is 0 Å². The number of hydrogen-bond donors (Lipinski definition) is 2. The van der Waals surface area contributed by atoms with Crippen molar-refractivity contribution >= 4 is 23.3 Å². The highest BCUT2D eigenvalue weighted by molar-refractivity contribution is 5.98. The van der Waals surface area contributed by atoms with Crippen molar-refractivity contribution in [3.63, 3.8) is 0 Å². The Morgan fingerprint density at radius 3 is 2.54 bits per heavy atom. The maximum atomic E-state index is 12.4. The smallest absolute Gasteiger partial charge is 0.319 e. The number of hydrogen-bond acceptors (Lipinski definition) is 4. The highest BCUT2D eigenvalue weighted by Crippen LogP contribution is 2.29. The molecule has 1 unspecified atom stereocenters. The molecular formula is C21H25N3O4. The standard InChI is InChI=1S/C21H25N3O4/c1-13-5-6-16(9-14(13)2)24-12-15(10-20(24)25)22-21(26)23-18-11-17(27-3)7-8-19(18)28-4/h5-9,11,15H,10,12H2,1-4H3,(H2,22,23,26). The van der Waals surface area contributed by atoms with Crippen LogP contribution in [0.5, 0.6) is 11.5 Å². The molecule has 148 valence electrons. The number of carbonyl (C=O) groups is 2. The molecule has 1 aliphatic rings. The van der Waals surface area contributed by atoms with Gasteiger partial charge in [-0.3, -0.25) is 4.79 Å². The van der Waals surface area contributed by atoms with E-state index in [2.05, 4.69) is 10.6 Å². The van der Waals surface area contributed by atoms with Crippen molar-refractivity contribution in [2.45, 2.75) is 26.3 Å². The van der Waals surface area contributed by atoms with Gasteiger partial charge in [-0.15, -0.1) is 0 Å². The molecule has 0 saturated carbocycles. The van der Waals surface area contributed by atoms with Crippen LogP contribution in [0.1, 0.15) is 17.5 Å². The molecule has 1 heterocycles. The van der Waals surface area contributed by atoms with Gasteiger partial charge in [0.2, 0.25) is 5.91 Å². The third-order valence-electron chi connectivity index (χ3n) is 4.92. The average molecular weight is 383 g/mol. The Kier molecular flexibility index (Phi) is 5.73. The van der Waals surface area contributed by atoms with Gasteiger partial charge in [-0.25, -0.2) is 4.79 Å². The third kappa shape index (κ3) is 4.19. The molecule has 28 heavy (non-hydrogen) atoms. The minimum atomic E-state index is -0.397. The molecule has 0 radical (unpaired) electrons. The Balaban J connectivity index is 1.65. The zero-order valence-corrected chi connectivity index (χ0v) is 16.5. The SMILES string of the molecule is COc1ccc(OC)c(NC(=O)NC2CC(=O)N(c3ccc(C)c(C)c3)C2)c1. The van der Waals surface area contributed by atoms with Gasteiger partial charge in [0.1, 0.15) is 11.5 Å². The van der Waals surface area contributed by atoms with Gasteiger partial charge in [0, 0.05) is 24.7 Å². The first kappa shape index (κ1) is 19.5. The molecule has 1 saturated heterocycles. The van der Waals surface area contributed by atoms with Crippen molar-refractivity contribution in [2.75, 3.05) is 31.0 Å². The lowest BCUT2D eigenvalue weighted by Gasteiger charge is -2.19. The predicted octanol–water partition coefficient (Wildman–Crippen LogP) is 3.25. The van der Waals surface area contributed by atoms with Crippen LogP contribution in [0, 0.1) is 13.8 Å². The van der Waals surface area contributed by atoms with Gasteiger partial charge in [-0.1, -0.05) is 6.07 Å². The molecule has 7 heteroatoms. The van der Waals surface area contributed by atoms with Crippen LogP contribution in [0.25, 0.3) is 0 Å². The van der Waals surface area contributed by atoms with Crippen molar-refractivity contribution in [3.05, 3.63) is 47.5 Å². The molecule has 2 aromatic carbocycles. The van der Waals surface area contributed by atoms with E-state index in [1.807, 2.05) is 32.0 Å². The van der Waals surface area contributed by atoms with Gasteiger partial charge < -0.3 is 25.0 Å². The van der Waals surface area contributed by atoms with Crippen LogP contribution in [0.2, 0.25) is 0 Å². The van der Waals surface area contributed by atoms with Crippen LogP contribution in [0.3, 0.4) is 0 Å². The minimum Gasteiger partial charge on any atom is -0.497 e. The second kappa shape index (κ2) is 8.21. The molecular weight excluding hydrogens is 358 g/mol. The number of benzene rings is 2. The van der Waals surface area contributed by atoms with Gasteiger partial charge in [-0.05, 0) is 49.2 Å². The lowest BCUT2D eigenvalue weighted by Crippen LogP contribution is -2.39.